The number of benzene rings is 1. The Labute approximate surface area is 131 Å². The van der Waals surface area contributed by atoms with Crippen LogP contribution in [0.15, 0.2) is 22.7 Å². The van der Waals surface area contributed by atoms with E-state index in [0.717, 1.165) is 23.0 Å². The quantitative estimate of drug-likeness (QED) is 0.835. The Hall–Kier alpha value is -1.60. The van der Waals surface area contributed by atoms with Gasteiger partial charge in [0.25, 0.3) is 5.91 Å². The summed E-state index contributed by atoms with van der Waals surface area (Å²) in [6.45, 7) is 1.13. The molecule has 0 bridgehead atoms. The zero-order valence-electron chi connectivity index (χ0n) is 11.4. The first-order chi connectivity index (χ1) is 9.97. The van der Waals surface area contributed by atoms with E-state index in [1.807, 2.05) is 12.1 Å². The maximum absolute atomic E-state index is 11.5. The van der Waals surface area contributed by atoms with Gasteiger partial charge in [-0.2, -0.15) is 0 Å². The third-order valence-electron chi connectivity index (χ3n) is 3.45. The van der Waals surface area contributed by atoms with Crippen LogP contribution < -0.4 is 10.6 Å². The fourth-order valence-corrected chi connectivity index (χ4v) is 2.79. The lowest BCUT2D eigenvalue weighted by molar-refractivity contribution is -0.144. The lowest BCUT2D eigenvalue weighted by Gasteiger charge is -2.34. The second kappa shape index (κ2) is 6.91. The maximum Gasteiger partial charge on any atom is 0.329 e. The van der Waals surface area contributed by atoms with Crippen molar-refractivity contribution in [2.24, 2.45) is 5.73 Å². The van der Waals surface area contributed by atoms with Gasteiger partial charge in [0.1, 0.15) is 6.61 Å². The first-order valence-electron chi connectivity index (χ1n) is 6.65. The Bertz CT molecular complexity index is 542. The molecule has 1 fully saturated rings. The number of carbonyl (C=O) groups is 2. The van der Waals surface area contributed by atoms with Crippen LogP contribution in [0.4, 0.5) is 5.69 Å². The van der Waals surface area contributed by atoms with E-state index in [2.05, 4.69) is 20.8 Å². The predicted octanol–water partition coefficient (Wildman–Crippen LogP) is 1.62. The highest BCUT2D eigenvalue weighted by atomic mass is 79.9. The number of carbonyl (C=O) groups excluding carboxylic acids is 1. The summed E-state index contributed by atoms with van der Waals surface area (Å²) in [7, 11) is 0. The topological polar surface area (TPSA) is 92.9 Å². The molecule has 114 valence electrons. The highest BCUT2D eigenvalue weighted by molar-refractivity contribution is 9.10. The number of carboxylic acids is 1. The van der Waals surface area contributed by atoms with Crippen LogP contribution >= 0.6 is 15.9 Å². The Morgan fingerprint density at radius 3 is 2.62 bits per heavy atom. The minimum atomic E-state index is -0.957. The van der Waals surface area contributed by atoms with Gasteiger partial charge in [0, 0.05) is 23.2 Å². The van der Waals surface area contributed by atoms with Crippen molar-refractivity contribution >= 4 is 33.5 Å². The molecular weight excluding hydrogens is 340 g/mol. The highest BCUT2D eigenvalue weighted by Crippen LogP contribution is 2.27. The van der Waals surface area contributed by atoms with Crippen LogP contribution in [0.3, 0.4) is 0 Å². The smallest absolute Gasteiger partial charge is 0.329 e. The second-order valence-electron chi connectivity index (χ2n) is 4.92. The molecule has 0 atom stereocenters. The van der Waals surface area contributed by atoms with Gasteiger partial charge >= 0.3 is 5.97 Å². The van der Waals surface area contributed by atoms with Crippen LogP contribution in [0.5, 0.6) is 0 Å². The molecule has 1 aliphatic heterocycles. The summed E-state index contributed by atoms with van der Waals surface area (Å²) in [6.07, 6.45) is 1.40. The van der Waals surface area contributed by atoms with E-state index in [-0.39, 0.29) is 12.7 Å². The Morgan fingerprint density at radius 2 is 2.05 bits per heavy atom. The lowest BCUT2D eigenvalue weighted by atomic mass is 10.0. The summed E-state index contributed by atoms with van der Waals surface area (Å²) in [5, 5.41) is 8.61. The average Bonchev–Trinajstić information content (AvgIpc) is 2.45. The number of aliphatic carboxylic acids is 1. The van der Waals surface area contributed by atoms with Gasteiger partial charge in [0.15, 0.2) is 0 Å². The molecule has 1 heterocycles. The molecule has 0 aromatic heterocycles. The molecule has 1 saturated heterocycles. The number of halogens is 1. The van der Waals surface area contributed by atoms with Gasteiger partial charge in [0.05, 0.1) is 11.7 Å². The maximum atomic E-state index is 11.5. The van der Waals surface area contributed by atoms with Crippen LogP contribution in [-0.4, -0.2) is 42.8 Å². The molecule has 7 heteroatoms. The standard InChI is InChI=1S/C14H17BrN2O4/c15-9-1-2-12(11(7-9)14(16)20)17-5-3-10(4-6-17)21-8-13(18)19/h1-2,7,10H,3-6,8H2,(H2,16,20)(H,18,19). The number of anilines is 1. The Kier molecular flexibility index (Phi) is 5.19. The normalized spacial score (nSPS) is 16.0. The number of primary amides is 1. The number of amides is 1. The zero-order valence-corrected chi connectivity index (χ0v) is 13.0. The highest BCUT2D eigenvalue weighted by Gasteiger charge is 2.23. The molecule has 1 aromatic rings. The summed E-state index contributed by atoms with van der Waals surface area (Å²) in [6, 6.07) is 5.45. The van der Waals surface area contributed by atoms with E-state index >= 15 is 0 Å². The summed E-state index contributed by atoms with van der Waals surface area (Å²) in [5.41, 5.74) is 6.71. The second-order valence-corrected chi connectivity index (χ2v) is 5.83. The third-order valence-corrected chi connectivity index (χ3v) is 3.94. The third kappa shape index (κ3) is 4.18. The van der Waals surface area contributed by atoms with Crippen LogP contribution in [0, 0.1) is 0 Å². The molecule has 3 N–H and O–H groups in total. The van der Waals surface area contributed by atoms with Crippen molar-refractivity contribution in [2.45, 2.75) is 18.9 Å². The van der Waals surface area contributed by atoms with E-state index in [1.54, 1.807) is 6.07 Å². The van der Waals surface area contributed by atoms with Crippen LogP contribution in [0.25, 0.3) is 0 Å². The molecule has 0 spiro atoms. The van der Waals surface area contributed by atoms with Crippen molar-refractivity contribution < 1.29 is 19.4 Å². The molecule has 0 radical (unpaired) electrons. The van der Waals surface area contributed by atoms with E-state index in [0.29, 0.717) is 18.7 Å². The van der Waals surface area contributed by atoms with Crippen LogP contribution in [0.1, 0.15) is 23.2 Å². The van der Waals surface area contributed by atoms with Gasteiger partial charge < -0.3 is 20.5 Å². The average molecular weight is 357 g/mol. The minimum Gasteiger partial charge on any atom is -0.480 e. The Morgan fingerprint density at radius 1 is 1.38 bits per heavy atom. The van der Waals surface area contributed by atoms with Gasteiger partial charge in [-0.25, -0.2) is 4.79 Å². The minimum absolute atomic E-state index is 0.0511. The predicted molar refractivity (Wildman–Crippen MR) is 81.5 cm³/mol. The van der Waals surface area contributed by atoms with Gasteiger partial charge in [-0.1, -0.05) is 15.9 Å². The summed E-state index contributed by atoms with van der Waals surface area (Å²) < 4.78 is 6.11. The largest absolute Gasteiger partial charge is 0.480 e. The van der Waals surface area contributed by atoms with Crippen molar-refractivity contribution in [3.05, 3.63) is 28.2 Å². The number of rotatable bonds is 5. The van der Waals surface area contributed by atoms with Gasteiger partial charge in [-0.3, -0.25) is 4.79 Å². The van der Waals surface area contributed by atoms with Crippen LogP contribution in [0.2, 0.25) is 0 Å². The monoisotopic (exact) mass is 356 g/mol. The molecule has 6 nitrogen and oxygen atoms in total. The summed E-state index contributed by atoms with van der Waals surface area (Å²) in [5.74, 6) is -1.42. The fourth-order valence-electron chi connectivity index (χ4n) is 2.43. The van der Waals surface area contributed by atoms with Gasteiger partial charge in [0.2, 0.25) is 0 Å². The van der Waals surface area contributed by atoms with Crippen molar-refractivity contribution in [3.8, 4) is 0 Å². The number of nitrogens with zero attached hydrogens (tertiary/aromatic N) is 1. The zero-order chi connectivity index (χ0) is 15.4. The van der Waals surface area contributed by atoms with Crippen molar-refractivity contribution in [1.82, 2.24) is 0 Å². The number of hydrogen-bond donors (Lipinski definition) is 2. The van der Waals surface area contributed by atoms with E-state index in [4.69, 9.17) is 15.6 Å². The number of ether oxygens (including phenoxy) is 1. The first kappa shape index (κ1) is 15.8. The number of nitrogens with two attached hydrogens (primary N) is 1. The van der Waals surface area contributed by atoms with E-state index < -0.39 is 11.9 Å². The summed E-state index contributed by atoms with van der Waals surface area (Å²) in [4.78, 5) is 24.1. The van der Waals surface area contributed by atoms with Gasteiger partial charge in [-0.05, 0) is 31.0 Å². The molecule has 1 aliphatic rings. The lowest BCUT2D eigenvalue weighted by Crippen LogP contribution is -2.38. The molecule has 0 aliphatic carbocycles. The van der Waals surface area contributed by atoms with Crippen LogP contribution in [-0.2, 0) is 9.53 Å². The van der Waals surface area contributed by atoms with E-state index in [9.17, 15) is 9.59 Å². The molecule has 0 unspecified atom stereocenters. The SMILES string of the molecule is NC(=O)c1cc(Br)ccc1N1CCC(OCC(=O)O)CC1. The molecule has 1 aromatic carbocycles. The summed E-state index contributed by atoms with van der Waals surface area (Å²) >= 11 is 3.33. The fraction of sp³-hybridized carbons (Fsp3) is 0.429. The molecule has 21 heavy (non-hydrogen) atoms. The Balaban J connectivity index is 2.02. The number of hydrogen-bond acceptors (Lipinski definition) is 4. The molecule has 2 rings (SSSR count). The molecule has 0 saturated carbocycles. The van der Waals surface area contributed by atoms with Crippen molar-refractivity contribution in [3.63, 3.8) is 0 Å². The molecule has 1 amide bonds. The molecular formula is C14H17BrN2O4. The number of piperidine rings is 1. The van der Waals surface area contributed by atoms with Crippen molar-refractivity contribution in [1.29, 1.82) is 0 Å². The first-order valence-corrected chi connectivity index (χ1v) is 7.44. The van der Waals surface area contributed by atoms with Gasteiger partial charge in [-0.15, -0.1) is 0 Å². The van der Waals surface area contributed by atoms with Crippen molar-refractivity contribution in [2.75, 3.05) is 24.6 Å². The number of carboxylic acid groups (broad SMARTS) is 1. The van der Waals surface area contributed by atoms with E-state index in [1.165, 1.54) is 0 Å².